The van der Waals surface area contributed by atoms with Crippen molar-refractivity contribution in [2.45, 2.75) is 6.61 Å². The zero-order chi connectivity index (χ0) is 13.1. The van der Waals surface area contributed by atoms with Gasteiger partial charge in [0.15, 0.2) is 5.11 Å². The largest absolute Gasteiger partial charge is 0.423 e. The number of benzene rings is 1. The number of rotatable bonds is 3. The highest BCUT2D eigenvalue weighted by atomic mass is 32.1. The first-order valence-electron chi connectivity index (χ1n) is 5.22. The van der Waals surface area contributed by atoms with Crippen LogP contribution < -0.4 is 16.7 Å². The van der Waals surface area contributed by atoms with Crippen molar-refractivity contribution in [1.29, 1.82) is 0 Å². The average Bonchev–Trinajstić information content (AvgIpc) is 2.27. The lowest BCUT2D eigenvalue weighted by Gasteiger charge is -2.07. The first-order valence-corrected chi connectivity index (χ1v) is 5.63. The van der Waals surface area contributed by atoms with Crippen molar-refractivity contribution in [1.82, 2.24) is 0 Å². The normalized spacial score (nSPS) is 10.5. The van der Waals surface area contributed by atoms with Gasteiger partial charge in [-0.05, 0) is 29.9 Å². The van der Waals surface area contributed by atoms with Gasteiger partial charge in [-0.15, -0.1) is 0 Å². The number of nitrogens with one attached hydrogen (secondary N) is 1. The molecule has 18 heavy (non-hydrogen) atoms. The Balaban J connectivity index is 2.56. The number of ether oxygens (including phenoxy) is 1. The lowest BCUT2D eigenvalue weighted by Crippen LogP contribution is -2.18. The van der Waals surface area contributed by atoms with Gasteiger partial charge >= 0.3 is 5.63 Å². The van der Waals surface area contributed by atoms with Crippen LogP contribution in [0.2, 0.25) is 0 Å². The Bertz CT molecular complexity index is 651. The third-order valence-corrected chi connectivity index (χ3v) is 2.50. The van der Waals surface area contributed by atoms with Crippen LogP contribution >= 0.6 is 12.2 Å². The topological polar surface area (TPSA) is 77.5 Å². The Morgan fingerprint density at radius 1 is 1.50 bits per heavy atom. The van der Waals surface area contributed by atoms with Gasteiger partial charge in [-0.2, -0.15) is 0 Å². The number of fused-ring (bicyclic) bond motifs is 1. The molecular formula is C12H12N2O3S. The summed E-state index contributed by atoms with van der Waals surface area (Å²) in [7, 11) is 1.57. The quantitative estimate of drug-likeness (QED) is 0.647. The van der Waals surface area contributed by atoms with Gasteiger partial charge < -0.3 is 20.2 Å². The molecule has 94 valence electrons. The second-order valence-electron chi connectivity index (χ2n) is 3.72. The van der Waals surface area contributed by atoms with E-state index >= 15 is 0 Å². The summed E-state index contributed by atoms with van der Waals surface area (Å²) in [5.41, 5.74) is 6.89. The standard InChI is InChI=1S/C12H12N2O3S/c1-16-6-7-4-11(15)17-10-5-8(14-12(13)18)2-3-9(7)10/h2-5H,6H2,1H3,(H3,13,14,18). The SMILES string of the molecule is COCc1cc(=O)oc2cc(NC(N)=S)ccc12. The Morgan fingerprint density at radius 3 is 2.94 bits per heavy atom. The second kappa shape index (κ2) is 5.16. The zero-order valence-corrected chi connectivity index (χ0v) is 10.5. The third kappa shape index (κ3) is 2.66. The molecule has 1 aromatic heterocycles. The number of methoxy groups -OCH3 is 1. The lowest BCUT2D eigenvalue weighted by atomic mass is 10.1. The van der Waals surface area contributed by atoms with E-state index in [-0.39, 0.29) is 5.11 Å². The van der Waals surface area contributed by atoms with E-state index in [9.17, 15) is 4.79 Å². The Labute approximate surface area is 109 Å². The number of nitrogens with two attached hydrogens (primary N) is 1. The molecule has 0 unspecified atom stereocenters. The molecule has 0 aliphatic carbocycles. The summed E-state index contributed by atoms with van der Waals surface area (Å²) in [6, 6.07) is 6.73. The highest BCUT2D eigenvalue weighted by Gasteiger charge is 2.06. The Morgan fingerprint density at radius 2 is 2.28 bits per heavy atom. The van der Waals surface area contributed by atoms with Crippen molar-refractivity contribution in [3.63, 3.8) is 0 Å². The summed E-state index contributed by atoms with van der Waals surface area (Å²) >= 11 is 4.75. The first-order chi connectivity index (χ1) is 8.60. The van der Waals surface area contributed by atoms with Crippen molar-refractivity contribution in [3.8, 4) is 0 Å². The van der Waals surface area contributed by atoms with E-state index in [0.29, 0.717) is 17.9 Å². The van der Waals surface area contributed by atoms with Crippen molar-refractivity contribution in [2.24, 2.45) is 5.73 Å². The molecule has 0 atom stereocenters. The van der Waals surface area contributed by atoms with E-state index < -0.39 is 5.63 Å². The van der Waals surface area contributed by atoms with Crippen molar-refractivity contribution in [3.05, 3.63) is 40.2 Å². The minimum Gasteiger partial charge on any atom is -0.423 e. The van der Waals surface area contributed by atoms with E-state index in [1.165, 1.54) is 6.07 Å². The molecular weight excluding hydrogens is 252 g/mol. The fourth-order valence-electron chi connectivity index (χ4n) is 1.72. The fraction of sp³-hybridized carbons (Fsp3) is 0.167. The molecule has 0 bridgehead atoms. The second-order valence-corrected chi connectivity index (χ2v) is 4.16. The van der Waals surface area contributed by atoms with E-state index in [4.69, 9.17) is 27.1 Å². The van der Waals surface area contributed by atoms with Gasteiger partial charge in [0.1, 0.15) is 5.58 Å². The molecule has 0 spiro atoms. The van der Waals surface area contributed by atoms with E-state index in [1.54, 1.807) is 19.2 Å². The molecule has 2 rings (SSSR count). The minimum atomic E-state index is -0.415. The molecule has 1 heterocycles. The molecule has 5 nitrogen and oxygen atoms in total. The number of hydrogen-bond acceptors (Lipinski definition) is 4. The summed E-state index contributed by atoms with van der Waals surface area (Å²) < 4.78 is 10.2. The predicted octanol–water partition coefficient (Wildman–Crippen LogP) is 1.59. The van der Waals surface area contributed by atoms with Crippen molar-refractivity contribution >= 4 is 34.0 Å². The minimum absolute atomic E-state index is 0.157. The average molecular weight is 264 g/mol. The Kier molecular flexibility index (Phi) is 3.59. The molecule has 0 fully saturated rings. The summed E-state index contributed by atoms with van der Waals surface area (Å²) in [4.78, 5) is 11.4. The van der Waals surface area contributed by atoms with Gasteiger partial charge in [0.25, 0.3) is 0 Å². The summed E-state index contributed by atoms with van der Waals surface area (Å²) in [5.74, 6) is 0. The van der Waals surface area contributed by atoms with Crippen LogP contribution in [0.3, 0.4) is 0 Å². The van der Waals surface area contributed by atoms with Crippen LogP contribution in [0.15, 0.2) is 33.5 Å². The maximum absolute atomic E-state index is 11.4. The first kappa shape index (κ1) is 12.5. The molecule has 0 aliphatic rings. The van der Waals surface area contributed by atoms with E-state index in [1.807, 2.05) is 6.07 Å². The molecule has 3 N–H and O–H groups in total. The molecule has 0 saturated carbocycles. The van der Waals surface area contributed by atoms with Crippen molar-refractivity contribution in [2.75, 3.05) is 12.4 Å². The summed E-state index contributed by atoms with van der Waals surface area (Å²) in [6.45, 7) is 0.351. The lowest BCUT2D eigenvalue weighted by molar-refractivity contribution is 0.185. The third-order valence-electron chi connectivity index (χ3n) is 2.40. The van der Waals surface area contributed by atoms with Crippen LogP contribution in [0.25, 0.3) is 11.0 Å². The van der Waals surface area contributed by atoms with Crippen LogP contribution in [-0.2, 0) is 11.3 Å². The van der Waals surface area contributed by atoms with Crippen molar-refractivity contribution < 1.29 is 9.15 Å². The van der Waals surface area contributed by atoms with Crippen LogP contribution in [0.4, 0.5) is 5.69 Å². The highest BCUT2D eigenvalue weighted by Crippen LogP contribution is 2.21. The van der Waals surface area contributed by atoms with Gasteiger partial charge in [0, 0.05) is 30.3 Å². The van der Waals surface area contributed by atoms with Gasteiger partial charge in [0.05, 0.1) is 6.61 Å². The predicted molar refractivity (Wildman–Crippen MR) is 73.6 cm³/mol. The van der Waals surface area contributed by atoms with Gasteiger partial charge in [-0.3, -0.25) is 0 Å². The molecule has 6 heteroatoms. The molecule has 0 amide bonds. The van der Waals surface area contributed by atoms with Crippen LogP contribution in [-0.4, -0.2) is 12.2 Å². The highest BCUT2D eigenvalue weighted by molar-refractivity contribution is 7.80. The molecule has 0 aliphatic heterocycles. The number of anilines is 1. The number of hydrogen-bond donors (Lipinski definition) is 2. The zero-order valence-electron chi connectivity index (χ0n) is 9.73. The number of thiocarbonyl (C=S) groups is 1. The smallest absolute Gasteiger partial charge is 0.336 e. The van der Waals surface area contributed by atoms with Gasteiger partial charge in [0.2, 0.25) is 0 Å². The van der Waals surface area contributed by atoms with Crippen LogP contribution in [0, 0.1) is 0 Å². The summed E-state index contributed by atoms with van der Waals surface area (Å²) in [5, 5.41) is 3.76. The van der Waals surface area contributed by atoms with Gasteiger partial charge in [-0.1, -0.05) is 0 Å². The van der Waals surface area contributed by atoms with Crippen LogP contribution in [0.1, 0.15) is 5.56 Å². The fourth-order valence-corrected chi connectivity index (χ4v) is 1.84. The van der Waals surface area contributed by atoms with Crippen LogP contribution in [0.5, 0.6) is 0 Å². The molecule has 0 saturated heterocycles. The molecule has 2 aromatic rings. The molecule has 1 aromatic carbocycles. The summed E-state index contributed by atoms with van der Waals surface area (Å²) in [6.07, 6.45) is 0. The van der Waals surface area contributed by atoms with E-state index in [0.717, 1.165) is 10.9 Å². The monoisotopic (exact) mass is 264 g/mol. The Hall–Kier alpha value is -1.92. The maximum atomic E-state index is 11.4. The van der Waals surface area contributed by atoms with E-state index in [2.05, 4.69) is 5.32 Å². The molecule has 0 radical (unpaired) electrons. The van der Waals surface area contributed by atoms with Gasteiger partial charge in [-0.25, -0.2) is 4.79 Å². The maximum Gasteiger partial charge on any atom is 0.336 e.